The molecular weight excluding hydrogens is 377 g/mol. The lowest BCUT2D eigenvalue weighted by Gasteiger charge is -2.10. The first-order valence-corrected chi connectivity index (χ1v) is 7.99. The Bertz CT molecular complexity index is 984. The van der Waals surface area contributed by atoms with Gasteiger partial charge in [0.15, 0.2) is 0 Å². The summed E-state index contributed by atoms with van der Waals surface area (Å²) in [6.45, 7) is -0.131. The Balaban J connectivity index is 1.79. The van der Waals surface area contributed by atoms with Crippen molar-refractivity contribution in [3.05, 3.63) is 59.3 Å². The molecule has 0 saturated carbocycles. The molecule has 0 unspecified atom stereocenters. The van der Waals surface area contributed by atoms with Crippen molar-refractivity contribution in [2.75, 3.05) is 12.8 Å². The van der Waals surface area contributed by atoms with Crippen molar-refractivity contribution < 1.29 is 27.2 Å². The zero-order chi connectivity index (χ0) is 20.3. The molecule has 2 heterocycles. The van der Waals surface area contributed by atoms with Crippen molar-refractivity contribution in [2.24, 2.45) is 0 Å². The van der Waals surface area contributed by atoms with Gasteiger partial charge in [0, 0.05) is 24.4 Å². The molecule has 10 heteroatoms. The summed E-state index contributed by atoms with van der Waals surface area (Å²) in [5, 5.41) is 6.30. The number of carbonyl (C=O) groups excluding carboxylic acids is 1. The number of carbonyl (C=O) groups is 1. The van der Waals surface area contributed by atoms with Gasteiger partial charge in [-0.3, -0.25) is 4.79 Å². The molecular formula is C18H15F3N4O3. The Morgan fingerprint density at radius 2 is 2.07 bits per heavy atom. The average molecular weight is 392 g/mol. The van der Waals surface area contributed by atoms with E-state index >= 15 is 0 Å². The Hall–Kier alpha value is -3.56. The number of pyridine rings is 1. The largest absolute Gasteiger partial charge is 0.481 e. The van der Waals surface area contributed by atoms with Crippen LogP contribution in [-0.2, 0) is 12.7 Å². The van der Waals surface area contributed by atoms with E-state index in [1.54, 1.807) is 12.1 Å². The number of nitrogens with one attached hydrogen (secondary N) is 1. The van der Waals surface area contributed by atoms with Gasteiger partial charge in [0.05, 0.1) is 12.7 Å². The van der Waals surface area contributed by atoms with E-state index < -0.39 is 17.6 Å². The summed E-state index contributed by atoms with van der Waals surface area (Å²) in [5.41, 5.74) is 5.78. The van der Waals surface area contributed by atoms with Crippen LogP contribution in [-0.4, -0.2) is 23.2 Å². The van der Waals surface area contributed by atoms with E-state index in [0.29, 0.717) is 11.4 Å². The third kappa shape index (κ3) is 4.05. The number of rotatable bonds is 5. The topological polar surface area (TPSA) is 103 Å². The molecule has 0 spiro atoms. The molecule has 28 heavy (non-hydrogen) atoms. The molecule has 2 aromatic heterocycles. The molecule has 0 aliphatic rings. The number of methoxy groups -OCH3 is 1. The van der Waals surface area contributed by atoms with E-state index in [-0.39, 0.29) is 29.2 Å². The summed E-state index contributed by atoms with van der Waals surface area (Å²) in [7, 11) is 1.46. The minimum Gasteiger partial charge on any atom is -0.481 e. The van der Waals surface area contributed by atoms with Crippen LogP contribution >= 0.6 is 0 Å². The van der Waals surface area contributed by atoms with Crippen molar-refractivity contribution in [2.45, 2.75) is 12.7 Å². The molecule has 3 rings (SSSR count). The van der Waals surface area contributed by atoms with Crippen LogP contribution < -0.4 is 15.8 Å². The highest BCUT2D eigenvalue weighted by molar-refractivity contribution is 6.03. The summed E-state index contributed by atoms with van der Waals surface area (Å²) in [6.07, 6.45) is -3.03. The number of nitrogen functional groups attached to an aromatic ring is 1. The standard InChI is InChI=1S/C18H15F3N4O3/c1-27-13-6-5-11(9-23-13)15-14(16(22)28-25-15)17(26)24-8-10-3-2-4-12(7-10)18(19,20)21/h2-7,9H,8,22H2,1H3,(H,24,26). The molecule has 1 aromatic carbocycles. The predicted octanol–water partition coefficient (Wildman–Crippen LogP) is 3.28. The number of alkyl halides is 3. The third-order valence-electron chi connectivity index (χ3n) is 3.87. The predicted molar refractivity (Wildman–Crippen MR) is 93.3 cm³/mol. The van der Waals surface area contributed by atoms with Gasteiger partial charge in [-0.05, 0) is 23.8 Å². The first-order chi connectivity index (χ1) is 13.3. The maximum atomic E-state index is 12.8. The van der Waals surface area contributed by atoms with Crippen molar-refractivity contribution in [3.8, 4) is 17.1 Å². The van der Waals surface area contributed by atoms with Crippen molar-refractivity contribution in [1.29, 1.82) is 0 Å². The second-order valence-electron chi connectivity index (χ2n) is 5.74. The second-order valence-corrected chi connectivity index (χ2v) is 5.74. The fraction of sp³-hybridized carbons (Fsp3) is 0.167. The van der Waals surface area contributed by atoms with E-state index in [4.69, 9.17) is 15.0 Å². The molecule has 1 amide bonds. The molecule has 3 N–H and O–H groups in total. The molecule has 0 aliphatic carbocycles. The van der Waals surface area contributed by atoms with Gasteiger partial charge in [-0.2, -0.15) is 13.2 Å². The quantitative estimate of drug-likeness (QED) is 0.691. The van der Waals surface area contributed by atoms with Crippen molar-refractivity contribution in [3.63, 3.8) is 0 Å². The van der Waals surface area contributed by atoms with Crippen LogP contribution in [0.25, 0.3) is 11.3 Å². The van der Waals surface area contributed by atoms with Gasteiger partial charge >= 0.3 is 6.18 Å². The normalized spacial score (nSPS) is 11.3. The third-order valence-corrected chi connectivity index (χ3v) is 3.87. The summed E-state index contributed by atoms with van der Waals surface area (Å²) < 4.78 is 48.3. The number of nitrogens with zero attached hydrogens (tertiary/aromatic N) is 2. The molecule has 3 aromatic rings. The fourth-order valence-corrected chi connectivity index (χ4v) is 2.49. The Morgan fingerprint density at radius 3 is 2.71 bits per heavy atom. The summed E-state index contributed by atoms with van der Waals surface area (Å²) in [6, 6.07) is 7.86. The number of hydrogen-bond donors (Lipinski definition) is 2. The molecule has 7 nitrogen and oxygen atoms in total. The Morgan fingerprint density at radius 1 is 1.29 bits per heavy atom. The van der Waals surface area contributed by atoms with Crippen LogP contribution in [0, 0.1) is 0 Å². The zero-order valence-corrected chi connectivity index (χ0v) is 14.6. The van der Waals surface area contributed by atoms with Crippen LogP contribution in [0.5, 0.6) is 5.88 Å². The lowest BCUT2D eigenvalue weighted by molar-refractivity contribution is -0.137. The summed E-state index contributed by atoms with van der Waals surface area (Å²) >= 11 is 0. The van der Waals surface area contributed by atoms with Gasteiger partial charge in [-0.1, -0.05) is 17.3 Å². The maximum Gasteiger partial charge on any atom is 0.416 e. The van der Waals surface area contributed by atoms with Gasteiger partial charge in [0.25, 0.3) is 5.91 Å². The molecule has 0 fully saturated rings. The summed E-state index contributed by atoms with van der Waals surface area (Å²) in [4.78, 5) is 16.6. The van der Waals surface area contributed by atoms with Gasteiger partial charge in [0.1, 0.15) is 11.3 Å². The van der Waals surface area contributed by atoms with E-state index in [1.165, 1.54) is 25.4 Å². The number of benzene rings is 1. The van der Waals surface area contributed by atoms with E-state index in [1.807, 2.05) is 0 Å². The zero-order valence-electron chi connectivity index (χ0n) is 14.6. The number of amides is 1. The lowest BCUT2D eigenvalue weighted by Crippen LogP contribution is -2.24. The van der Waals surface area contributed by atoms with Crippen LogP contribution in [0.2, 0.25) is 0 Å². The fourth-order valence-electron chi connectivity index (χ4n) is 2.49. The highest BCUT2D eigenvalue weighted by atomic mass is 19.4. The molecule has 0 atom stereocenters. The minimum atomic E-state index is -4.46. The molecule has 0 aliphatic heterocycles. The maximum absolute atomic E-state index is 12.8. The van der Waals surface area contributed by atoms with E-state index in [2.05, 4.69) is 15.5 Å². The monoisotopic (exact) mass is 392 g/mol. The second kappa shape index (κ2) is 7.59. The Kier molecular flexibility index (Phi) is 5.21. The van der Waals surface area contributed by atoms with Gasteiger partial charge in [-0.25, -0.2) is 4.98 Å². The number of hydrogen-bond acceptors (Lipinski definition) is 6. The number of halogens is 3. The Labute approximate surface area is 157 Å². The van der Waals surface area contributed by atoms with Crippen LogP contribution in [0.4, 0.5) is 19.1 Å². The number of nitrogens with two attached hydrogens (primary N) is 1. The van der Waals surface area contributed by atoms with Gasteiger partial charge < -0.3 is 20.3 Å². The lowest BCUT2D eigenvalue weighted by atomic mass is 10.1. The number of ether oxygens (including phenoxy) is 1. The molecule has 0 radical (unpaired) electrons. The van der Waals surface area contributed by atoms with Crippen LogP contribution in [0.3, 0.4) is 0 Å². The molecule has 146 valence electrons. The van der Waals surface area contributed by atoms with Gasteiger partial charge in [-0.15, -0.1) is 0 Å². The van der Waals surface area contributed by atoms with Crippen LogP contribution in [0.1, 0.15) is 21.5 Å². The SMILES string of the molecule is COc1ccc(-c2noc(N)c2C(=O)NCc2cccc(C(F)(F)F)c2)cn1. The first-order valence-electron chi connectivity index (χ1n) is 7.99. The van der Waals surface area contributed by atoms with Crippen molar-refractivity contribution >= 4 is 11.8 Å². The number of anilines is 1. The van der Waals surface area contributed by atoms with Gasteiger partial charge in [0.2, 0.25) is 11.8 Å². The minimum absolute atomic E-state index is 0.0288. The molecule has 0 saturated heterocycles. The number of aromatic nitrogens is 2. The average Bonchev–Trinajstić information content (AvgIpc) is 3.07. The van der Waals surface area contributed by atoms with E-state index in [9.17, 15) is 18.0 Å². The highest BCUT2D eigenvalue weighted by Gasteiger charge is 2.30. The molecule has 0 bridgehead atoms. The summed E-state index contributed by atoms with van der Waals surface area (Å²) in [5.74, 6) is -0.481. The van der Waals surface area contributed by atoms with Crippen LogP contribution in [0.15, 0.2) is 47.1 Å². The van der Waals surface area contributed by atoms with Crippen molar-refractivity contribution in [1.82, 2.24) is 15.5 Å². The highest BCUT2D eigenvalue weighted by Crippen LogP contribution is 2.30. The smallest absolute Gasteiger partial charge is 0.416 e. The first kappa shape index (κ1) is 19.2. The van der Waals surface area contributed by atoms with E-state index in [0.717, 1.165) is 12.1 Å².